The molecular weight excluding hydrogens is 325 g/mol. The topological polar surface area (TPSA) is 79.9 Å². The highest BCUT2D eigenvalue weighted by Crippen LogP contribution is 2.31. The van der Waals surface area contributed by atoms with Crippen LogP contribution in [0.2, 0.25) is 5.02 Å². The summed E-state index contributed by atoms with van der Waals surface area (Å²) in [5.41, 5.74) is 0.749. The third-order valence-corrected chi connectivity index (χ3v) is 3.21. The molecule has 22 heavy (non-hydrogen) atoms. The number of aromatic nitrogens is 3. The third-order valence-electron chi connectivity index (χ3n) is 2.98. The number of alkyl halides is 3. The number of nitrogens with zero attached hydrogens (tertiary/aromatic N) is 2. The fourth-order valence-electron chi connectivity index (χ4n) is 2.00. The van der Waals surface area contributed by atoms with E-state index in [1.54, 1.807) is 23.3 Å². The number of fused-ring (bicyclic) bond motifs is 1. The van der Waals surface area contributed by atoms with E-state index >= 15 is 0 Å². The summed E-state index contributed by atoms with van der Waals surface area (Å²) in [6.07, 6.45) is -5.27. The number of halogens is 4. The number of aromatic amines is 1. The van der Waals surface area contributed by atoms with Crippen molar-refractivity contribution in [3.63, 3.8) is 0 Å². The SMILES string of the molecule is O=C(Nc1n[nH]c(C(F)(F)F)n1)[C@H]1Cc2cc(Cl)ccc2O1. The van der Waals surface area contributed by atoms with Crippen LogP contribution < -0.4 is 10.1 Å². The van der Waals surface area contributed by atoms with Gasteiger partial charge in [0, 0.05) is 11.4 Å². The van der Waals surface area contributed by atoms with Crippen LogP contribution in [-0.2, 0) is 17.4 Å². The maximum absolute atomic E-state index is 12.4. The lowest BCUT2D eigenvalue weighted by atomic mass is 10.1. The van der Waals surface area contributed by atoms with Gasteiger partial charge in [-0.2, -0.15) is 18.2 Å². The number of benzene rings is 1. The minimum Gasteiger partial charge on any atom is -0.480 e. The Balaban J connectivity index is 1.68. The van der Waals surface area contributed by atoms with E-state index in [-0.39, 0.29) is 6.42 Å². The number of hydrogen-bond acceptors (Lipinski definition) is 4. The van der Waals surface area contributed by atoms with Gasteiger partial charge in [-0.05, 0) is 23.8 Å². The van der Waals surface area contributed by atoms with Crippen LogP contribution >= 0.6 is 11.6 Å². The van der Waals surface area contributed by atoms with Crippen LogP contribution in [0.25, 0.3) is 0 Å². The number of rotatable bonds is 2. The molecule has 1 aliphatic rings. The zero-order valence-electron chi connectivity index (χ0n) is 10.7. The molecule has 10 heteroatoms. The zero-order chi connectivity index (χ0) is 15.9. The van der Waals surface area contributed by atoms with E-state index in [9.17, 15) is 18.0 Å². The molecule has 1 atom stereocenters. The molecule has 0 saturated carbocycles. The molecule has 2 N–H and O–H groups in total. The number of amides is 1. The molecule has 2 heterocycles. The van der Waals surface area contributed by atoms with Gasteiger partial charge in [-0.1, -0.05) is 11.6 Å². The predicted octanol–water partition coefficient (Wildman–Crippen LogP) is 2.42. The van der Waals surface area contributed by atoms with Crippen molar-refractivity contribution in [1.29, 1.82) is 0 Å². The van der Waals surface area contributed by atoms with Gasteiger partial charge in [0.15, 0.2) is 6.10 Å². The summed E-state index contributed by atoms with van der Waals surface area (Å²) in [6, 6.07) is 4.91. The van der Waals surface area contributed by atoms with Gasteiger partial charge in [0.25, 0.3) is 5.91 Å². The number of carbonyl (C=O) groups excluding carboxylic acids is 1. The maximum atomic E-state index is 12.4. The fraction of sp³-hybridized carbons (Fsp3) is 0.250. The van der Waals surface area contributed by atoms with Crippen LogP contribution in [0.1, 0.15) is 11.4 Å². The summed E-state index contributed by atoms with van der Waals surface area (Å²) in [5.74, 6) is -1.88. The molecule has 0 bridgehead atoms. The van der Waals surface area contributed by atoms with Gasteiger partial charge in [-0.15, -0.1) is 5.10 Å². The zero-order valence-corrected chi connectivity index (χ0v) is 11.5. The first kappa shape index (κ1) is 14.6. The Labute approximate surface area is 126 Å². The minimum absolute atomic E-state index is 0.262. The fourth-order valence-corrected chi connectivity index (χ4v) is 2.19. The Kier molecular flexibility index (Phi) is 3.44. The molecule has 2 aromatic rings. The quantitative estimate of drug-likeness (QED) is 0.885. The molecule has 0 saturated heterocycles. The number of H-pyrrole nitrogens is 1. The number of ether oxygens (including phenoxy) is 1. The lowest BCUT2D eigenvalue weighted by molar-refractivity contribution is -0.144. The first-order valence-corrected chi connectivity index (χ1v) is 6.46. The summed E-state index contributed by atoms with van der Waals surface area (Å²) < 4.78 is 42.5. The van der Waals surface area contributed by atoms with Crippen LogP contribution in [0.5, 0.6) is 5.75 Å². The first-order chi connectivity index (χ1) is 10.3. The van der Waals surface area contributed by atoms with Gasteiger partial charge in [0.05, 0.1) is 0 Å². The Morgan fingerprint density at radius 1 is 1.45 bits per heavy atom. The van der Waals surface area contributed by atoms with Crippen LogP contribution in [0.15, 0.2) is 18.2 Å². The van der Waals surface area contributed by atoms with Gasteiger partial charge >= 0.3 is 6.18 Å². The highest BCUT2D eigenvalue weighted by Gasteiger charge is 2.36. The second-order valence-corrected chi connectivity index (χ2v) is 4.99. The Morgan fingerprint density at radius 3 is 2.91 bits per heavy atom. The molecular formula is C12H8ClF3N4O2. The van der Waals surface area contributed by atoms with Crippen molar-refractivity contribution >= 4 is 23.5 Å². The molecule has 0 radical (unpaired) electrons. The average molecular weight is 333 g/mol. The molecule has 3 rings (SSSR count). The van der Waals surface area contributed by atoms with Crippen molar-refractivity contribution < 1.29 is 22.7 Å². The maximum Gasteiger partial charge on any atom is 0.451 e. The normalized spacial score (nSPS) is 17.0. The van der Waals surface area contributed by atoms with E-state index in [4.69, 9.17) is 16.3 Å². The summed E-state index contributed by atoms with van der Waals surface area (Å²) in [7, 11) is 0. The first-order valence-electron chi connectivity index (χ1n) is 6.08. The minimum atomic E-state index is -4.66. The van der Waals surface area contributed by atoms with Crippen molar-refractivity contribution in [2.75, 3.05) is 5.32 Å². The van der Waals surface area contributed by atoms with Gasteiger partial charge in [-0.3, -0.25) is 15.2 Å². The van der Waals surface area contributed by atoms with Crippen LogP contribution in [0, 0.1) is 0 Å². The molecule has 116 valence electrons. The molecule has 1 aliphatic heterocycles. The van der Waals surface area contributed by atoms with E-state index in [2.05, 4.69) is 15.4 Å². The molecule has 1 aromatic carbocycles. The van der Waals surface area contributed by atoms with Crippen molar-refractivity contribution in [3.8, 4) is 5.75 Å². The second kappa shape index (κ2) is 5.16. The molecule has 6 nitrogen and oxygen atoms in total. The van der Waals surface area contributed by atoms with Gasteiger partial charge in [-0.25, -0.2) is 0 Å². The third kappa shape index (κ3) is 2.84. The smallest absolute Gasteiger partial charge is 0.451 e. The monoisotopic (exact) mass is 332 g/mol. The largest absolute Gasteiger partial charge is 0.480 e. The van der Waals surface area contributed by atoms with E-state index < -0.39 is 30.0 Å². The predicted molar refractivity (Wildman–Crippen MR) is 69.6 cm³/mol. The summed E-state index contributed by atoms with van der Waals surface area (Å²) in [4.78, 5) is 15.1. The van der Waals surface area contributed by atoms with Gasteiger partial charge < -0.3 is 4.74 Å². The lowest BCUT2D eigenvalue weighted by Crippen LogP contribution is -2.31. The number of anilines is 1. The number of hydrogen-bond donors (Lipinski definition) is 2. The molecule has 1 amide bonds. The van der Waals surface area contributed by atoms with Crippen LogP contribution in [-0.4, -0.2) is 27.2 Å². The van der Waals surface area contributed by atoms with Crippen molar-refractivity contribution in [2.24, 2.45) is 0 Å². The van der Waals surface area contributed by atoms with Gasteiger partial charge in [0.1, 0.15) is 5.75 Å². The average Bonchev–Trinajstić information content (AvgIpc) is 3.03. The second-order valence-electron chi connectivity index (χ2n) is 4.56. The molecule has 1 aromatic heterocycles. The van der Waals surface area contributed by atoms with Crippen LogP contribution in [0.4, 0.5) is 19.1 Å². The summed E-state index contributed by atoms with van der Waals surface area (Å²) >= 11 is 5.84. The Bertz CT molecular complexity index is 731. The van der Waals surface area contributed by atoms with E-state index in [0.717, 1.165) is 5.56 Å². The number of carbonyl (C=O) groups is 1. The Morgan fingerprint density at radius 2 is 2.23 bits per heavy atom. The van der Waals surface area contributed by atoms with Crippen molar-refractivity contribution in [1.82, 2.24) is 15.2 Å². The van der Waals surface area contributed by atoms with Gasteiger partial charge in [0.2, 0.25) is 11.8 Å². The Hall–Kier alpha value is -2.29. The summed E-state index contributed by atoms with van der Waals surface area (Å²) in [6.45, 7) is 0. The van der Waals surface area contributed by atoms with E-state index in [0.29, 0.717) is 10.8 Å². The van der Waals surface area contributed by atoms with E-state index in [1.165, 1.54) is 0 Å². The van der Waals surface area contributed by atoms with E-state index in [1.807, 2.05) is 0 Å². The molecule has 0 spiro atoms. The lowest BCUT2D eigenvalue weighted by Gasteiger charge is -2.08. The van der Waals surface area contributed by atoms with Crippen molar-refractivity contribution in [3.05, 3.63) is 34.6 Å². The van der Waals surface area contributed by atoms with Crippen molar-refractivity contribution in [2.45, 2.75) is 18.7 Å². The molecule has 0 unspecified atom stereocenters. The molecule has 0 fully saturated rings. The standard InChI is InChI=1S/C12H8ClF3N4O2/c13-6-1-2-7-5(3-6)4-8(22-7)9(21)17-11-18-10(19-20-11)12(14,15)16/h1-3,8H,4H2,(H2,17,18,19,20,21)/t8-/m1/s1. The highest BCUT2D eigenvalue weighted by molar-refractivity contribution is 6.30. The van der Waals surface area contributed by atoms with Crippen LogP contribution in [0.3, 0.4) is 0 Å². The number of nitrogens with one attached hydrogen (secondary N) is 2. The summed E-state index contributed by atoms with van der Waals surface area (Å²) in [5, 5.41) is 7.68. The highest BCUT2D eigenvalue weighted by atomic mass is 35.5. The molecule has 0 aliphatic carbocycles.